The van der Waals surface area contributed by atoms with Crippen LogP contribution in [0.5, 0.6) is 0 Å². The molecule has 0 aromatic carbocycles. The van der Waals surface area contributed by atoms with Crippen molar-refractivity contribution in [3.05, 3.63) is 26.6 Å². The van der Waals surface area contributed by atoms with Crippen LogP contribution in [0.15, 0.2) is 4.79 Å². The third kappa shape index (κ3) is 3.96. The van der Waals surface area contributed by atoms with E-state index in [9.17, 15) is 9.59 Å². The molecule has 1 N–H and O–H groups in total. The predicted octanol–water partition coefficient (Wildman–Crippen LogP) is 4.68. The summed E-state index contributed by atoms with van der Waals surface area (Å²) < 4.78 is 5.55. The van der Waals surface area contributed by atoms with E-state index in [1.807, 2.05) is 0 Å². The normalized spacial score (nSPS) is 21.3. The number of carbonyl (C=O) groups is 1. The van der Waals surface area contributed by atoms with Gasteiger partial charge in [-0.25, -0.2) is 4.98 Å². The Kier molecular flexibility index (Phi) is 5.35. The molecule has 2 aromatic heterocycles. The molecule has 0 spiro atoms. The molecule has 1 fully saturated rings. The first kappa shape index (κ1) is 18.7. The topological polar surface area (TPSA) is 72.0 Å². The molecule has 0 unspecified atom stereocenters. The number of rotatable bonds is 5. The lowest BCUT2D eigenvalue weighted by atomic mass is 9.89. The molecule has 27 heavy (non-hydrogen) atoms. The molecule has 2 heterocycles. The molecule has 2 aliphatic rings. The largest absolute Gasteiger partial charge is 0.454 e. The van der Waals surface area contributed by atoms with Crippen LogP contribution < -0.4 is 5.56 Å². The fourth-order valence-corrected chi connectivity index (χ4v) is 5.88. The van der Waals surface area contributed by atoms with E-state index in [0.29, 0.717) is 24.1 Å². The summed E-state index contributed by atoms with van der Waals surface area (Å²) in [4.78, 5) is 34.4. The second-order valence-corrected chi connectivity index (χ2v) is 9.39. The smallest absolute Gasteiger partial charge is 0.306 e. The molecular weight excluding hydrogens is 360 g/mol. The first-order valence-electron chi connectivity index (χ1n) is 10.2. The Morgan fingerprint density at radius 2 is 2.11 bits per heavy atom. The van der Waals surface area contributed by atoms with Crippen LogP contribution in [0, 0.1) is 11.8 Å². The van der Waals surface area contributed by atoms with Gasteiger partial charge in [-0.15, -0.1) is 11.3 Å². The molecule has 0 bridgehead atoms. The van der Waals surface area contributed by atoms with E-state index in [-0.39, 0.29) is 11.5 Å². The summed E-state index contributed by atoms with van der Waals surface area (Å²) in [5.74, 6) is 1.58. The summed E-state index contributed by atoms with van der Waals surface area (Å²) in [5.41, 5.74) is 1.07. The molecule has 2 aromatic rings. The Morgan fingerprint density at radius 3 is 2.89 bits per heavy atom. The fourth-order valence-electron chi connectivity index (χ4n) is 4.49. The van der Waals surface area contributed by atoms with Gasteiger partial charge in [0.15, 0.2) is 11.9 Å². The monoisotopic (exact) mass is 388 g/mol. The maximum atomic E-state index is 12.7. The Hall–Kier alpha value is -1.69. The molecule has 1 saturated carbocycles. The van der Waals surface area contributed by atoms with Gasteiger partial charge in [-0.1, -0.05) is 32.6 Å². The zero-order valence-electron chi connectivity index (χ0n) is 16.2. The predicted molar refractivity (Wildman–Crippen MR) is 107 cm³/mol. The number of hydrogen-bond donors (Lipinski definition) is 1. The number of H-pyrrole nitrogens is 1. The average Bonchev–Trinajstić information content (AvgIpc) is 3.26. The number of nitrogens with one attached hydrogen (secondary N) is 1. The number of carbonyl (C=O) groups excluding carboxylic acids is 1. The first-order valence-corrected chi connectivity index (χ1v) is 11.1. The van der Waals surface area contributed by atoms with Gasteiger partial charge in [-0.3, -0.25) is 9.59 Å². The molecule has 0 aliphatic heterocycles. The third-order valence-corrected chi connectivity index (χ3v) is 7.26. The second-order valence-electron chi connectivity index (χ2n) is 8.30. The van der Waals surface area contributed by atoms with Crippen LogP contribution in [0.4, 0.5) is 0 Å². The molecule has 0 saturated heterocycles. The van der Waals surface area contributed by atoms with Crippen molar-refractivity contribution in [2.45, 2.75) is 77.7 Å². The Labute approximate surface area is 163 Å². The number of aryl methyl sites for hydroxylation is 1. The summed E-state index contributed by atoms with van der Waals surface area (Å²) >= 11 is 1.62. The Balaban J connectivity index is 1.48. The van der Waals surface area contributed by atoms with Crippen LogP contribution in [0.25, 0.3) is 10.2 Å². The Morgan fingerprint density at radius 1 is 1.33 bits per heavy atom. The van der Waals surface area contributed by atoms with Gasteiger partial charge in [0.2, 0.25) is 0 Å². The highest BCUT2D eigenvalue weighted by Gasteiger charge is 2.24. The van der Waals surface area contributed by atoms with Crippen LogP contribution in [0.2, 0.25) is 0 Å². The maximum absolute atomic E-state index is 12.7. The number of esters is 1. The number of aromatic nitrogens is 2. The highest BCUT2D eigenvalue weighted by atomic mass is 32.1. The first-order chi connectivity index (χ1) is 13.0. The van der Waals surface area contributed by atoms with Gasteiger partial charge >= 0.3 is 5.97 Å². The van der Waals surface area contributed by atoms with Crippen LogP contribution in [-0.2, 0) is 22.4 Å². The van der Waals surface area contributed by atoms with Gasteiger partial charge in [-0.05, 0) is 50.0 Å². The maximum Gasteiger partial charge on any atom is 0.306 e. The summed E-state index contributed by atoms with van der Waals surface area (Å²) in [7, 11) is 0. The van der Waals surface area contributed by atoms with Crippen molar-refractivity contribution in [2.75, 3.05) is 0 Å². The molecule has 146 valence electrons. The van der Waals surface area contributed by atoms with Gasteiger partial charge in [0.25, 0.3) is 5.56 Å². The van der Waals surface area contributed by atoms with E-state index in [1.54, 1.807) is 18.3 Å². The summed E-state index contributed by atoms with van der Waals surface area (Å²) in [6.45, 7) is 4.04. The minimum atomic E-state index is -0.531. The SMILES string of the molecule is C[C@H]1CCc2c(sc3nc([C@@H](C)OC(=O)CCC4CCCC4)[nH]c(=O)c23)C1. The summed E-state index contributed by atoms with van der Waals surface area (Å²) in [6.07, 6.45) is 8.95. The van der Waals surface area contributed by atoms with Gasteiger partial charge < -0.3 is 9.72 Å². The molecule has 5 nitrogen and oxygen atoms in total. The zero-order chi connectivity index (χ0) is 19.0. The van der Waals surface area contributed by atoms with Crippen LogP contribution >= 0.6 is 11.3 Å². The number of hydrogen-bond acceptors (Lipinski definition) is 5. The van der Waals surface area contributed by atoms with Crippen molar-refractivity contribution >= 4 is 27.5 Å². The van der Waals surface area contributed by atoms with Crippen molar-refractivity contribution < 1.29 is 9.53 Å². The average molecular weight is 389 g/mol. The van der Waals surface area contributed by atoms with Gasteiger partial charge in [0.05, 0.1) is 5.39 Å². The van der Waals surface area contributed by atoms with E-state index in [2.05, 4.69) is 16.9 Å². The third-order valence-electron chi connectivity index (χ3n) is 6.11. The standard InChI is InChI=1S/C21H28N2O3S/c1-12-7-9-15-16(11-12)27-21-18(15)20(25)22-19(23-21)13(2)26-17(24)10-8-14-5-3-4-6-14/h12-14H,3-11H2,1-2H3,(H,22,23,25)/t12-,13+/m0/s1. The molecular formula is C21H28N2O3S. The summed E-state index contributed by atoms with van der Waals surface area (Å²) in [6, 6.07) is 0. The molecule has 0 amide bonds. The highest BCUT2D eigenvalue weighted by molar-refractivity contribution is 7.18. The van der Waals surface area contributed by atoms with Crippen molar-refractivity contribution in [3.8, 4) is 0 Å². The molecule has 2 atom stereocenters. The quantitative estimate of drug-likeness (QED) is 0.755. The van der Waals surface area contributed by atoms with Gasteiger partial charge in [0.1, 0.15) is 4.83 Å². The van der Waals surface area contributed by atoms with E-state index < -0.39 is 6.10 Å². The minimum Gasteiger partial charge on any atom is -0.454 e. The fraction of sp³-hybridized carbons (Fsp3) is 0.667. The number of ether oxygens (including phenoxy) is 1. The van der Waals surface area contributed by atoms with E-state index in [1.165, 1.54) is 36.1 Å². The lowest BCUT2D eigenvalue weighted by Gasteiger charge is -2.17. The zero-order valence-corrected chi connectivity index (χ0v) is 17.0. The minimum absolute atomic E-state index is 0.101. The van der Waals surface area contributed by atoms with Gasteiger partial charge in [0, 0.05) is 11.3 Å². The van der Waals surface area contributed by atoms with Crippen molar-refractivity contribution in [3.63, 3.8) is 0 Å². The molecule has 4 rings (SSSR count). The summed E-state index contributed by atoms with van der Waals surface area (Å²) in [5, 5.41) is 0.741. The van der Waals surface area contributed by atoms with Crippen LogP contribution in [0.3, 0.4) is 0 Å². The van der Waals surface area contributed by atoms with Crippen molar-refractivity contribution in [1.29, 1.82) is 0 Å². The molecule has 0 radical (unpaired) electrons. The second kappa shape index (κ2) is 7.74. The number of nitrogens with zero attached hydrogens (tertiary/aromatic N) is 1. The van der Waals surface area contributed by atoms with E-state index in [4.69, 9.17) is 4.74 Å². The van der Waals surface area contributed by atoms with Crippen molar-refractivity contribution in [1.82, 2.24) is 9.97 Å². The lowest BCUT2D eigenvalue weighted by molar-refractivity contribution is -0.149. The van der Waals surface area contributed by atoms with E-state index in [0.717, 1.165) is 35.9 Å². The van der Waals surface area contributed by atoms with Crippen LogP contribution in [-0.4, -0.2) is 15.9 Å². The van der Waals surface area contributed by atoms with E-state index >= 15 is 0 Å². The van der Waals surface area contributed by atoms with Crippen molar-refractivity contribution in [2.24, 2.45) is 11.8 Å². The highest BCUT2D eigenvalue weighted by Crippen LogP contribution is 2.36. The molecule has 2 aliphatic carbocycles. The number of aromatic amines is 1. The lowest BCUT2D eigenvalue weighted by Crippen LogP contribution is -2.18. The van der Waals surface area contributed by atoms with Crippen LogP contribution in [0.1, 0.15) is 81.2 Å². The van der Waals surface area contributed by atoms with Gasteiger partial charge in [-0.2, -0.15) is 0 Å². The Bertz CT molecular complexity index is 895. The number of thiophene rings is 1. The molecule has 6 heteroatoms. The number of fused-ring (bicyclic) bond motifs is 3.